The summed E-state index contributed by atoms with van der Waals surface area (Å²) >= 11 is 0. The maximum Gasteiger partial charge on any atom is 0.453 e. The molecule has 0 radical (unpaired) electrons. The van der Waals surface area contributed by atoms with Gasteiger partial charge in [-0.15, -0.1) is 15.3 Å². The minimum atomic E-state index is -4.65. The summed E-state index contributed by atoms with van der Waals surface area (Å²) in [5.74, 6) is -0.853. The average Bonchev–Trinajstić information content (AvgIpc) is 3.33. The highest BCUT2D eigenvalue weighted by atomic mass is 19.4. The quantitative estimate of drug-likeness (QED) is 0.664. The van der Waals surface area contributed by atoms with Crippen LogP contribution in [0.2, 0.25) is 0 Å². The SMILES string of the molecule is Cc1c(N2CCN(C(=O)c3ccoc3)CC2)nn2c(C(F)(F)F)nnc2c1C. The largest absolute Gasteiger partial charge is 0.472 e. The van der Waals surface area contributed by atoms with Crippen LogP contribution in [0, 0.1) is 13.8 Å². The molecule has 28 heavy (non-hydrogen) atoms. The summed E-state index contributed by atoms with van der Waals surface area (Å²) in [4.78, 5) is 16.0. The maximum absolute atomic E-state index is 13.2. The fourth-order valence-electron chi connectivity index (χ4n) is 3.28. The molecule has 3 aromatic rings. The second-order valence-corrected chi connectivity index (χ2v) is 6.62. The van der Waals surface area contributed by atoms with Crippen molar-refractivity contribution < 1.29 is 22.4 Å². The molecule has 1 amide bonds. The van der Waals surface area contributed by atoms with E-state index < -0.39 is 12.0 Å². The van der Waals surface area contributed by atoms with Crippen LogP contribution in [0.1, 0.15) is 27.3 Å². The van der Waals surface area contributed by atoms with E-state index in [2.05, 4.69) is 15.3 Å². The van der Waals surface area contributed by atoms with E-state index in [1.807, 2.05) is 4.90 Å². The van der Waals surface area contributed by atoms with Gasteiger partial charge in [0, 0.05) is 37.3 Å². The van der Waals surface area contributed by atoms with Gasteiger partial charge in [-0.1, -0.05) is 0 Å². The van der Waals surface area contributed by atoms with Gasteiger partial charge in [-0.2, -0.15) is 17.7 Å². The number of furan rings is 1. The van der Waals surface area contributed by atoms with Crippen molar-refractivity contribution in [3.05, 3.63) is 41.1 Å². The molecule has 3 aromatic heterocycles. The molecule has 0 N–H and O–H groups in total. The second kappa shape index (κ2) is 6.50. The van der Waals surface area contributed by atoms with Crippen molar-refractivity contribution in [2.75, 3.05) is 31.1 Å². The molecule has 0 saturated carbocycles. The Morgan fingerprint density at radius 1 is 1.11 bits per heavy atom. The number of aryl methyl sites for hydroxylation is 1. The molecule has 0 bridgehead atoms. The van der Waals surface area contributed by atoms with Crippen LogP contribution in [0.15, 0.2) is 23.0 Å². The lowest BCUT2D eigenvalue weighted by atomic mass is 10.1. The third-order valence-electron chi connectivity index (χ3n) is 4.96. The molecule has 11 heteroatoms. The monoisotopic (exact) mass is 394 g/mol. The van der Waals surface area contributed by atoms with Crippen molar-refractivity contribution in [1.82, 2.24) is 24.7 Å². The van der Waals surface area contributed by atoms with E-state index in [-0.39, 0.29) is 11.6 Å². The Labute approximate surface area is 157 Å². The average molecular weight is 394 g/mol. The van der Waals surface area contributed by atoms with Crippen molar-refractivity contribution in [2.24, 2.45) is 0 Å². The van der Waals surface area contributed by atoms with Gasteiger partial charge in [-0.3, -0.25) is 4.79 Å². The molecule has 0 unspecified atom stereocenters. The Bertz CT molecular complexity index is 1020. The van der Waals surface area contributed by atoms with E-state index in [0.29, 0.717) is 43.1 Å². The standard InChI is InChI=1S/C17H17F3N6O2/c1-10-11(2)14(23-26-13(10)21-22-16(26)17(18,19)20)24-4-6-25(7-5-24)15(27)12-3-8-28-9-12/h3,8-9H,4-7H2,1-2H3. The van der Waals surface area contributed by atoms with Crippen molar-refractivity contribution >= 4 is 17.4 Å². The zero-order valence-corrected chi connectivity index (χ0v) is 15.2. The number of anilines is 1. The van der Waals surface area contributed by atoms with E-state index in [9.17, 15) is 18.0 Å². The first-order valence-corrected chi connectivity index (χ1v) is 8.63. The van der Waals surface area contributed by atoms with Crippen LogP contribution in [0.5, 0.6) is 0 Å². The van der Waals surface area contributed by atoms with Crippen LogP contribution in [-0.2, 0) is 6.18 Å². The minimum Gasteiger partial charge on any atom is -0.472 e. The molecule has 1 fully saturated rings. The Hall–Kier alpha value is -3.11. The molecule has 4 rings (SSSR count). The number of carbonyl (C=O) groups is 1. The van der Waals surface area contributed by atoms with Gasteiger partial charge in [0.15, 0.2) is 11.5 Å². The number of hydrogen-bond acceptors (Lipinski definition) is 6. The van der Waals surface area contributed by atoms with Gasteiger partial charge < -0.3 is 14.2 Å². The molecule has 0 aliphatic carbocycles. The number of aromatic nitrogens is 4. The van der Waals surface area contributed by atoms with E-state index in [1.165, 1.54) is 12.5 Å². The summed E-state index contributed by atoms with van der Waals surface area (Å²) in [5, 5.41) is 11.1. The Morgan fingerprint density at radius 3 is 2.43 bits per heavy atom. The van der Waals surface area contributed by atoms with Crippen LogP contribution in [-0.4, -0.2) is 56.8 Å². The number of hydrogen-bond donors (Lipinski definition) is 0. The first-order valence-electron chi connectivity index (χ1n) is 8.63. The summed E-state index contributed by atoms with van der Waals surface area (Å²) < 4.78 is 45.3. The fourth-order valence-corrected chi connectivity index (χ4v) is 3.28. The summed E-state index contributed by atoms with van der Waals surface area (Å²) in [5.41, 5.74) is 1.88. The van der Waals surface area contributed by atoms with Crippen LogP contribution in [0.25, 0.3) is 5.65 Å². The highest BCUT2D eigenvalue weighted by Gasteiger charge is 2.38. The van der Waals surface area contributed by atoms with E-state index in [1.54, 1.807) is 24.8 Å². The Balaban J connectivity index is 1.61. The number of piperazine rings is 1. The fraction of sp³-hybridized carbons (Fsp3) is 0.412. The smallest absolute Gasteiger partial charge is 0.453 e. The van der Waals surface area contributed by atoms with E-state index >= 15 is 0 Å². The van der Waals surface area contributed by atoms with Gasteiger partial charge >= 0.3 is 6.18 Å². The van der Waals surface area contributed by atoms with Crippen LogP contribution < -0.4 is 4.90 Å². The van der Waals surface area contributed by atoms with Gasteiger partial charge in [-0.25, -0.2) is 0 Å². The number of nitrogens with zero attached hydrogens (tertiary/aromatic N) is 6. The predicted octanol–water partition coefficient (Wildman–Crippen LogP) is 2.32. The number of carbonyl (C=O) groups excluding carboxylic acids is 1. The highest BCUT2D eigenvalue weighted by Crippen LogP contribution is 2.30. The molecular formula is C17H17F3N6O2. The molecule has 148 valence electrons. The molecule has 1 saturated heterocycles. The summed E-state index contributed by atoms with van der Waals surface area (Å²) in [6.45, 7) is 5.25. The molecule has 0 spiro atoms. The number of halogens is 3. The summed E-state index contributed by atoms with van der Waals surface area (Å²) in [6.07, 6.45) is -1.82. The third kappa shape index (κ3) is 2.96. The van der Waals surface area contributed by atoms with Gasteiger partial charge in [-0.05, 0) is 19.9 Å². The lowest BCUT2D eigenvalue weighted by molar-refractivity contribution is -0.146. The number of amides is 1. The highest BCUT2D eigenvalue weighted by molar-refractivity contribution is 5.94. The van der Waals surface area contributed by atoms with Gasteiger partial charge in [0.2, 0.25) is 0 Å². The van der Waals surface area contributed by atoms with E-state index in [4.69, 9.17) is 4.42 Å². The number of alkyl halides is 3. The first-order chi connectivity index (χ1) is 13.3. The minimum absolute atomic E-state index is 0.0855. The Morgan fingerprint density at radius 2 is 1.82 bits per heavy atom. The van der Waals surface area contributed by atoms with Crippen LogP contribution in [0.3, 0.4) is 0 Å². The maximum atomic E-state index is 13.2. The predicted molar refractivity (Wildman–Crippen MR) is 92.1 cm³/mol. The molecule has 0 aromatic carbocycles. The van der Waals surface area contributed by atoms with Crippen LogP contribution >= 0.6 is 0 Å². The molecule has 1 aliphatic heterocycles. The molecule has 4 heterocycles. The van der Waals surface area contributed by atoms with Crippen molar-refractivity contribution in [3.63, 3.8) is 0 Å². The number of fused-ring (bicyclic) bond motifs is 1. The zero-order chi connectivity index (χ0) is 20.1. The molecule has 1 aliphatic rings. The zero-order valence-electron chi connectivity index (χ0n) is 15.2. The third-order valence-corrected chi connectivity index (χ3v) is 4.96. The van der Waals surface area contributed by atoms with Gasteiger partial charge in [0.1, 0.15) is 6.26 Å². The van der Waals surface area contributed by atoms with Gasteiger partial charge in [0.05, 0.1) is 11.8 Å². The second-order valence-electron chi connectivity index (χ2n) is 6.62. The summed E-state index contributed by atoms with van der Waals surface area (Å²) in [7, 11) is 0. The lowest BCUT2D eigenvalue weighted by Gasteiger charge is -2.36. The Kier molecular flexibility index (Phi) is 4.24. The van der Waals surface area contributed by atoms with Crippen molar-refractivity contribution in [1.29, 1.82) is 0 Å². The van der Waals surface area contributed by atoms with Crippen molar-refractivity contribution in [3.8, 4) is 0 Å². The molecular weight excluding hydrogens is 377 g/mol. The normalized spacial score (nSPS) is 15.5. The molecule has 8 nitrogen and oxygen atoms in total. The lowest BCUT2D eigenvalue weighted by Crippen LogP contribution is -2.49. The first kappa shape index (κ1) is 18.3. The van der Waals surface area contributed by atoms with E-state index in [0.717, 1.165) is 10.1 Å². The van der Waals surface area contributed by atoms with Crippen LogP contribution in [0.4, 0.5) is 19.0 Å². The molecule has 0 atom stereocenters. The van der Waals surface area contributed by atoms with Gasteiger partial charge in [0.25, 0.3) is 11.7 Å². The topological polar surface area (TPSA) is 79.8 Å². The number of rotatable bonds is 2. The summed E-state index contributed by atoms with van der Waals surface area (Å²) in [6, 6.07) is 1.60. The van der Waals surface area contributed by atoms with Crippen molar-refractivity contribution in [2.45, 2.75) is 20.0 Å².